The van der Waals surface area contributed by atoms with E-state index in [0.29, 0.717) is 18.0 Å². The number of pyridine rings is 1. The minimum absolute atomic E-state index is 0.0216. The first kappa shape index (κ1) is 14.8. The maximum absolute atomic E-state index is 13.0. The van der Waals surface area contributed by atoms with Crippen LogP contribution in [-0.2, 0) is 6.42 Å². The first-order valence-corrected chi connectivity index (χ1v) is 6.65. The Kier molecular flexibility index (Phi) is 4.93. The summed E-state index contributed by atoms with van der Waals surface area (Å²) in [6, 6.07) is 8.41. The van der Waals surface area contributed by atoms with E-state index in [0.717, 1.165) is 17.8 Å². The van der Waals surface area contributed by atoms with Gasteiger partial charge in [0.15, 0.2) is 0 Å². The molecule has 0 fully saturated rings. The number of rotatable bonds is 4. The minimum atomic E-state index is -0.602. The van der Waals surface area contributed by atoms with Crippen LogP contribution in [0.25, 0.3) is 0 Å². The van der Waals surface area contributed by atoms with Crippen molar-refractivity contribution in [1.29, 1.82) is 0 Å². The molecule has 0 unspecified atom stereocenters. The number of carbonyl (C=O) groups is 1. The molecule has 2 rings (SSSR count). The molecule has 104 valence electrons. The van der Waals surface area contributed by atoms with Gasteiger partial charge in [-0.2, -0.15) is 0 Å². The molecule has 0 atom stereocenters. The molecule has 20 heavy (non-hydrogen) atoms. The number of nitrogens with zero attached hydrogens (tertiary/aromatic N) is 1. The maximum Gasteiger partial charge on any atom is 0.254 e. The van der Waals surface area contributed by atoms with Crippen LogP contribution in [0.5, 0.6) is 0 Å². The van der Waals surface area contributed by atoms with Gasteiger partial charge in [-0.15, -0.1) is 0 Å². The molecular formula is C14H11Cl2FN2O. The molecule has 0 aliphatic heterocycles. The van der Waals surface area contributed by atoms with Gasteiger partial charge in [0.2, 0.25) is 0 Å². The van der Waals surface area contributed by atoms with Gasteiger partial charge in [-0.25, -0.2) is 9.37 Å². The quantitative estimate of drug-likeness (QED) is 0.878. The number of nitrogens with one attached hydrogen (secondary N) is 1. The lowest BCUT2D eigenvalue weighted by atomic mass is 10.1. The number of hydrogen-bond acceptors (Lipinski definition) is 2. The third-order valence-electron chi connectivity index (χ3n) is 2.64. The van der Waals surface area contributed by atoms with Crippen molar-refractivity contribution in [3.05, 3.63) is 63.6 Å². The lowest BCUT2D eigenvalue weighted by molar-refractivity contribution is 0.0953. The lowest BCUT2D eigenvalue weighted by Gasteiger charge is -2.06. The SMILES string of the molecule is O=C(NCCc1cccc(Cl)c1)c1cc(F)cnc1Cl. The van der Waals surface area contributed by atoms with Crippen molar-refractivity contribution in [2.75, 3.05) is 6.54 Å². The molecule has 1 amide bonds. The predicted octanol–water partition coefficient (Wildman–Crippen LogP) is 3.50. The highest BCUT2D eigenvalue weighted by Gasteiger charge is 2.12. The summed E-state index contributed by atoms with van der Waals surface area (Å²) in [5.74, 6) is -1.06. The van der Waals surface area contributed by atoms with Gasteiger partial charge in [0.05, 0.1) is 11.8 Å². The number of carbonyl (C=O) groups excluding carboxylic acids is 1. The van der Waals surface area contributed by atoms with E-state index in [1.165, 1.54) is 0 Å². The third kappa shape index (κ3) is 3.92. The smallest absolute Gasteiger partial charge is 0.254 e. The Morgan fingerprint density at radius 1 is 1.30 bits per heavy atom. The summed E-state index contributed by atoms with van der Waals surface area (Å²) in [5.41, 5.74) is 1.03. The number of hydrogen-bond donors (Lipinski definition) is 1. The van der Waals surface area contributed by atoms with E-state index in [1.54, 1.807) is 6.07 Å². The maximum atomic E-state index is 13.0. The number of aromatic nitrogens is 1. The fourth-order valence-electron chi connectivity index (χ4n) is 1.69. The zero-order valence-corrected chi connectivity index (χ0v) is 11.9. The van der Waals surface area contributed by atoms with Crippen molar-refractivity contribution < 1.29 is 9.18 Å². The van der Waals surface area contributed by atoms with Crippen LogP contribution in [-0.4, -0.2) is 17.4 Å². The van der Waals surface area contributed by atoms with Crippen molar-refractivity contribution in [1.82, 2.24) is 10.3 Å². The van der Waals surface area contributed by atoms with E-state index in [-0.39, 0.29) is 10.7 Å². The molecule has 1 aromatic heterocycles. The van der Waals surface area contributed by atoms with Crippen molar-refractivity contribution in [2.24, 2.45) is 0 Å². The molecule has 0 saturated heterocycles. The Hall–Kier alpha value is -1.65. The van der Waals surface area contributed by atoms with Gasteiger partial charge >= 0.3 is 0 Å². The van der Waals surface area contributed by atoms with Crippen LogP contribution >= 0.6 is 23.2 Å². The predicted molar refractivity (Wildman–Crippen MR) is 76.7 cm³/mol. The van der Waals surface area contributed by atoms with Gasteiger partial charge in [0, 0.05) is 11.6 Å². The van der Waals surface area contributed by atoms with Crippen molar-refractivity contribution >= 4 is 29.1 Å². The zero-order valence-electron chi connectivity index (χ0n) is 10.4. The van der Waals surface area contributed by atoms with Gasteiger partial charge in [-0.3, -0.25) is 4.79 Å². The molecule has 0 spiro atoms. The van der Waals surface area contributed by atoms with Gasteiger partial charge in [-0.05, 0) is 30.2 Å². The highest BCUT2D eigenvalue weighted by atomic mass is 35.5. The first-order valence-electron chi connectivity index (χ1n) is 5.90. The molecular weight excluding hydrogens is 302 g/mol. The number of benzene rings is 1. The fourth-order valence-corrected chi connectivity index (χ4v) is 2.09. The van der Waals surface area contributed by atoms with Crippen LogP contribution in [0.2, 0.25) is 10.2 Å². The Balaban J connectivity index is 1.94. The van der Waals surface area contributed by atoms with Crippen LogP contribution in [0.15, 0.2) is 36.5 Å². The topological polar surface area (TPSA) is 42.0 Å². The number of amides is 1. The molecule has 0 saturated carbocycles. The third-order valence-corrected chi connectivity index (χ3v) is 3.17. The second-order valence-corrected chi connectivity index (χ2v) is 4.92. The largest absolute Gasteiger partial charge is 0.352 e. The highest BCUT2D eigenvalue weighted by molar-refractivity contribution is 6.32. The summed E-state index contributed by atoms with van der Waals surface area (Å²) in [4.78, 5) is 15.4. The van der Waals surface area contributed by atoms with Crippen LogP contribution < -0.4 is 5.32 Å². The summed E-state index contributed by atoms with van der Waals surface area (Å²) < 4.78 is 13.0. The van der Waals surface area contributed by atoms with Crippen LogP contribution in [0, 0.1) is 5.82 Å². The molecule has 2 aromatic rings. The average Bonchev–Trinajstić information content (AvgIpc) is 2.41. The molecule has 1 heterocycles. The van der Waals surface area contributed by atoms with Gasteiger partial charge in [0.25, 0.3) is 5.91 Å². The minimum Gasteiger partial charge on any atom is -0.352 e. The Morgan fingerprint density at radius 2 is 2.10 bits per heavy atom. The summed E-state index contributed by atoms with van der Waals surface area (Å²) in [6.07, 6.45) is 1.58. The monoisotopic (exact) mass is 312 g/mol. The Bertz CT molecular complexity index is 634. The van der Waals surface area contributed by atoms with E-state index in [2.05, 4.69) is 10.3 Å². The normalized spacial score (nSPS) is 10.3. The second-order valence-electron chi connectivity index (χ2n) is 4.13. The number of halogens is 3. The molecule has 1 aromatic carbocycles. The van der Waals surface area contributed by atoms with Crippen molar-refractivity contribution in [3.8, 4) is 0 Å². The van der Waals surface area contributed by atoms with E-state index in [1.807, 2.05) is 18.2 Å². The van der Waals surface area contributed by atoms with Crippen molar-refractivity contribution in [3.63, 3.8) is 0 Å². The molecule has 3 nitrogen and oxygen atoms in total. The van der Waals surface area contributed by atoms with E-state index < -0.39 is 11.7 Å². The van der Waals surface area contributed by atoms with E-state index >= 15 is 0 Å². The summed E-state index contributed by atoms with van der Waals surface area (Å²) in [6.45, 7) is 0.395. The standard InChI is InChI=1S/C14H11Cl2FN2O/c15-10-3-1-2-9(6-10)4-5-18-14(20)12-7-11(17)8-19-13(12)16/h1-3,6-8H,4-5H2,(H,18,20). The van der Waals surface area contributed by atoms with Gasteiger partial charge in [-0.1, -0.05) is 35.3 Å². The van der Waals surface area contributed by atoms with Gasteiger partial charge < -0.3 is 5.32 Å². The van der Waals surface area contributed by atoms with Crippen molar-refractivity contribution in [2.45, 2.75) is 6.42 Å². The first-order chi connectivity index (χ1) is 9.56. The molecule has 0 aliphatic carbocycles. The summed E-state index contributed by atoms with van der Waals surface area (Å²) in [7, 11) is 0. The van der Waals surface area contributed by atoms with Crippen LogP contribution in [0.3, 0.4) is 0 Å². The summed E-state index contributed by atoms with van der Waals surface area (Å²) >= 11 is 11.6. The molecule has 0 bridgehead atoms. The Labute approximate surface area is 125 Å². The van der Waals surface area contributed by atoms with Crippen LogP contribution in [0.1, 0.15) is 15.9 Å². The van der Waals surface area contributed by atoms with E-state index in [4.69, 9.17) is 23.2 Å². The summed E-state index contributed by atoms with van der Waals surface area (Å²) in [5, 5.41) is 3.28. The lowest BCUT2D eigenvalue weighted by Crippen LogP contribution is -2.26. The van der Waals surface area contributed by atoms with Crippen LogP contribution in [0.4, 0.5) is 4.39 Å². The molecule has 6 heteroatoms. The molecule has 0 radical (unpaired) electrons. The highest BCUT2D eigenvalue weighted by Crippen LogP contribution is 2.14. The fraction of sp³-hybridized carbons (Fsp3) is 0.143. The second kappa shape index (κ2) is 6.68. The molecule has 1 N–H and O–H groups in total. The Morgan fingerprint density at radius 3 is 2.85 bits per heavy atom. The average molecular weight is 313 g/mol. The zero-order chi connectivity index (χ0) is 14.5. The molecule has 0 aliphatic rings. The van der Waals surface area contributed by atoms with E-state index in [9.17, 15) is 9.18 Å². The van der Waals surface area contributed by atoms with Gasteiger partial charge in [0.1, 0.15) is 11.0 Å².